The number of amides is 2. The highest BCUT2D eigenvalue weighted by atomic mass is 32.2. The molecule has 7 heteroatoms. The molecule has 0 radical (unpaired) electrons. The Kier molecular flexibility index (Phi) is 5.65. The Bertz CT molecular complexity index is 740. The fraction of sp³-hybridized carbons (Fsp3) is 0.278. The van der Waals surface area contributed by atoms with Crippen LogP contribution in [0.3, 0.4) is 0 Å². The number of rotatable bonds is 5. The smallest absolute Gasteiger partial charge is 0.243 e. The number of nitrogens with one attached hydrogen (secondary N) is 2. The van der Waals surface area contributed by atoms with Gasteiger partial charge in [-0.15, -0.1) is 11.8 Å². The van der Waals surface area contributed by atoms with Crippen molar-refractivity contribution in [2.45, 2.75) is 24.3 Å². The minimum atomic E-state index is -0.550. The van der Waals surface area contributed by atoms with Gasteiger partial charge in [0, 0.05) is 11.9 Å². The summed E-state index contributed by atoms with van der Waals surface area (Å²) in [5.41, 5.74) is 1.66. The average Bonchev–Trinajstić information content (AvgIpc) is 2.64. The maximum Gasteiger partial charge on any atom is 0.243 e. The molecule has 0 aliphatic carbocycles. The van der Waals surface area contributed by atoms with E-state index >= 15 is 0 Å². The Hall–Kier alpha value is -2.41. The standard InChI is InChI=1S/C18H18FN3O2S/c19-13-6-4-12(5-7-13)9-16-18(24)22-15(11-25-16)17(23)21-10-14-3-1-2-8-20-14/h1-8,15-16H,9-11H2,(H,21,23)(H,22,24). The minimum absolute atomic E-state index is 0.168. The Labute approximate surface area is 149 Å². The van der Waals surface area contributed by atoms with E-state index in [9.17, 15) is 14.0 Å². The molecule has 0 saturated carbocycles. The molecule has 2 N–H and O–H groups in total. The maximum absolute atomic E-state index is 12.9. The SMILES string of the molecule is O=C(NCc1ccccn1)C1CSC(Cc2ccc(F)cc2)C(=O)N1. The molecular formula is C18H18FN3O2S. The third kappa shape index (κ3) is 4.79. The topological polar surface area (TPSA) is 71.1 Å². The zero-order valence-electron chi connectivity index (χ0n) is 13.4. The van der Waals surface area contributed by atoms with E-state index in [1.807, 2.05) is 18.2 Å². The van der Waals surface area contributed by atoms with Gasteiger partial charge in [-0.1, -0.05) is 18.2 Å². The van der Waals surface area contributed by atoms with Gasteiger partial charge in [0.15, 0.2) is 0 Å². The first-order valence-corrected chi connectivity index (χ1v) is 9.01. The summed E-state index contributed by atoms with van der Waals surface area (Å²) in [6.07, 6.45) is 2.18. The number of carbonyl (C=O) groups excluding carboxylic acids is 2. The molecule has 2 amide bonds. The van der Waals surface area contributed by atoms with Crippen molar-refractivity contribution in [2.24, 2.45) is 0 Å². The molecule has 3 rings (SSSR count). The van der Waals surface area contributed by atoms with Gasteiger partial charge < -0.3 is 10.6 Å². The Morgan fingerprint density at radius 3 is 2.76 bits per heavy atom. The molecule has 1 aliphatic rings. The van der Waals surface area contributed by atoms with E-state index in [0.29, 0.717) is 18.7 Å². The normalized spacial score (nSPS) is 20.0. The van der Waals surface area contributed by atoms with Crippen molar-refractivity contribution in [1.82, 2.24) is 15.6 Å². The molecule has 1 saturated heterocycles. The molecule has 2 atom stereocenters. The Morgan fingerprint density at radius 2 is 2.08 bits per heavy atom. The Balaban J connectivity index is 1.50. The molecule has 130 valence electrons. The zero-order valence-corrected chi connectivity index (χ0v) is 14.3. The van der Waals surface area contributed by atoms with E-state index in [-0.39, 0.29) is 22.9 Å². The first-order chi connectivity index (χ1) is 12.1. The van der Waals surface area contributed by atoms with Crippen LogP contribution in [-0.4, -0.2) is 33.8 Å². The highest BCUT2D eigenvalue weighted by molar-refractivity contribution is 8.00. The van der Waals surface area contributed by atoms with Gasteiger partial charge in [-0.05, 0) is 36.2 Å². The number of benzene rings is 1. The van der Waals surface area contributed by atoms with E-state index in [2.05, 4.69) is 15.6 Å². The third-order valence-electron chi connectivity index (χ3n) is 3.89. The van der Waals surface area contributed by atoms with Gasteiger partial charge in [0.1, 0.15) is 11.9 Å². The molecule has 0 bridgehead atoms. The highest BCUT2D eigenvalue weighted by Gasteiger charge is 2.32. The fourth-order valence-electron chi connectivity index (χ4n) is 2.53. The number of halogens is 1. The maximum atomic E-state index is 12.9. The van der Waals surface area contributed by atoms with Crippen molar-refractivity contribution in [3.8, 4) is 0 Å². The van der Waals surface area contributed by atoms with Crippen molar-refractivity contribution >= 4 is 23.6 Å². The molecule has 25 heavy (non-hydrogen) atoms. The van der Waals surface area contributed by atoms with Gasteiger partial charge in [0.2, 0.25) is 11.8 Å². The zero-order chi connectivity index (χ0) is 17.6. The van der Waals surface area contributed by atoms with Gasteiger partial charge in [0.05, 0.1) is 17.5 Å². The van der Waals surface area contributed by atoms with Crippen LogP contribution in [0.1, 0.15) is 11.3 Å². The third-order valence-corrected chi connectivity index (χ3v) is 5.20. The van der Waals surface area contributed by atoms with E-state index in [1.165, 1.54) is 23.9 Å². The first kappa shape index (κ1) is 17.4. The Morgan fingerprint density at radius 1 is 1.28 bits per heavy atom. The molecule has 0 spiro atoms. The minimum Gasteiger partial charge on any atom is -0.349 e. The van der Waals surface area contributed by atoms with Crippen LogP contribution in [0.2, 0.25) is 0 Å². The summed E-state index contributed by atoms with van der Waals surface area (Å²) in [5, 5.41) is 5.28. The monoisotopic (exact) mass is 359 g/mol. The van der Waals surface area contributed by atoms with Gasteiger partial charge in [-0.25, -0.2) is 4.39 Å². The number of nitrogens with zero attached hydrogens (tertiary/aromatic N) is 1. The number of pyridine rings is 1. The summed E-state index contributed by atoms with van der Waals surface area (Å²) >= 11 is 1.45. The van der Waals surface area contributed by atoms with Crippen LogP contribution >= 0.6 is 11.8 Å². The molecule has 2 unspecified atom stereocenters. The summed E-state index contributed by atoms with van der Waals surface area (Å²) in [7, 11) is 0. The highest BCUT2D eigenvalue weighted by Crippen LogP contribution is 2.22. The summed E-state index contributed by atoms with van der Waals surface area (Å²) in [4.78, 5) is 28.6. The second-order valence-corrected chi connectivity index (χ2v) is 6.99. The molecular weight excluding hydrogens is 341 g/mol. The van der Waals surface area contributed by atoms with E-state index < -0.39 is 6.04 Å². The van der Waals surface area contributed by atoms with Gasteiger partial charge >= 0.3 is 0 Å². The predicted octanol–water partition coefficient (Wildman–Crippen LogP) is 1.68. The average molecular weight is 359 g/mol. The number of hydrogen-bond donors (Lipinski definition) is 2. The van der Waals surface area contributed by atoms with Gasteiger partial charge in [0.25, 0.3) is 0 Å². The molecule has 2 aromatic rings. The summed E-state index contributed by atoms with van der Waals surface area (Å²) in [6, 6.07) is 11.1. The number of aromatic nitrogens is 1. The number of hydrogen-bond acceptors (Lipinski definition) is 4. The molecule has 1 aromatic heterocycles. The second kappa shape index (κ2) is 8.11. The van der Waals surface area contributed by atoms with Crippen molar-refractivity contribution in [1.29, 1.82) is 0 Å². The van der Waals surface area contributed by atoms with Gasteiger partial charge in [-0.2, -0.15) is 0 Å². The van der Waals surface area contributed by atoms with Crippen LogP contribution in [0.25, 0.3) is 0 Å². The van der Waals surface area contributed by atoms with Crippen LogP contribution in [-0.2, 0) is 22.6 Å². The molecule has 5 nitrogen and oxygen atoms in total. The van der Waals surface area contributed by atoms with Crippen LogP contribution < -0.4 is 10.6 Å². The quantitative estimate of drug-likeness (QED) is 0.852. The van der Waals surface area contributed by atoms with Crippen LogP contribution in [0.4, 0.5) is 4.39 Å². The van der Waals surface area contributed by atoms with Crippen molar-refractivity contribution in [3.05, 3.63) is 65.7 Å². The van der Waals surface area contributed by atoms with E-state index in [0.717, 1.165) is 11.3 Å². The lowest BCUT2D eigenvalue weighted by atomic mass is 10.1. The first-order valence-electron chi connectivity index (χ1n) is 7.96. The largest absolute Gasteiger partial charge is 0.349 e. The summed E-state index contributed by atoms with van der Waals surface area (Å²) in [5.74, 6) is -0.175. The van der Waals surface area contributed by atoms with Crippen molar-refractivity contribution < 1.29 is 14.0 Å². The lowest BCUT2D eigenvalue weighted by Gasteiger charge is -2.28. The van der Waals surface area contributed by atoms with Crippen LogP contribution in [0.5, 0.6) is 0 Å². The molecule has 1 aromatic carbocycles. The van der Waals surface area contributed by atoms with Crippen LogP contribution in [0.15, 0.2) is 48.7 Å². The number of carbonyl (C=O) groups is 2. The number of thioether (sulfide) groups is 1. The van der Waals surface area contributed by atoms with Gasteiger partial charge in [-0.3, -0.25) is 14.6 Å². The lowest BCUT2D eigenvalue weighted by Crippen LogP contribution is -2.54. The van der Waals surface area contributed by atoms with Crippen molar-refractivity contribution in [2.75, 3.05) is 5.75 Å². The second-order valence-electron chi connectivity index (χ2n) is 5.75. The molecule has 2 heterocycles. The lowest BCUT2D eigenvalue weighted by molar-refractivity contribution is -0.128. The molecule has 1 fully saturated rings. The van der Waals surface area contributed by atoms with Crippen molar-refractivity contribution in [3.63, 3.8) is 0 Å². The summed E-state index contributed by atoms with van der Waals surface area (Å²) in [6.45, 7) is 0.329. The predicted molar refractivity (Wildman–Crippen MR) is 94.4 cm³/mol. The van der Waals surface area contributed by atoms with E-state index in [1.54, 1.807) is 18.3 Å². The molecule has 1 aliphatic heterocycles. The van der Waals surface area contributed by atoms with Crippen LogP contribution in [0, 0.1) is 5.82 Å². The fourth-order valence-corrected chi connectivity index (χ4v) is 3.71. The summed E-state index contributed by atoms with van der Waals surface area (Å²) < 4.78 is 12.9. The van der Waals surface area contributed by atoms with E-state index in [4.69, 9.17) is 0 Å².